The number of carbonyl (C=O) groups is 2. The number of amides is 2. The van der Waals surface area contributed by atoms with Crippen molar-refractivity contribution >= 4 is 29.2 Å². The van der Waals surface area contributed by atoms with Crippen LogP contribution in [0.5, 0.6) is 0 Å². The molecule has 0 saturated heterocycles. The lowest BCUT2D eigenvalue weighted by Gasteiger charge is -2.22. The number of anilines is 1. The van der Waals surface area contributed by atoms with Crippen LogP contribution in [0.25, 0.3) is 5.69 Å². The van der Waals surface area contributed by atoms with Gasteiger partial charge < -0.3 is 15.0 Å². The number of benzene rings is 2. The fraction of sp³-hybridized carbons (Fsp3) is 0.370. The number of carbonyl (C=O) groups excluding carboxylic acids is 2. The average molecular weight is 497 g/mol. The predicted octanol–water partition coefficient (Wildman–Crippen LogP) is 5.25. The number of hydrogen-bond donors (Lipinski definition) is 1. The molecule has 0 radical (unpaired) electrons. The molecule has 186 valence electrons. The molecule has 0 spiro atoms. The first-order valence-corrected chi connectivity index (χ1v) is 12.0. The van der Waals surface area contributed by atoms with E-state index in [1.165, 1.54) is 4.90 Å². The molecule has 0 aliphatic heterocycles. The molecule has 0 aliphatic carbocycles. The standard InChI is InChI=1S/C27H33ClN4O3/c1-19-9-6-7-10-22(19)32-24(17-23(30-32)27(2,3)4)29-25(33)18-31(15-8-16-35-5)26(34)20-11-13-21(28)14-12-20/h6-7,9-14,17H,8,15-16,18H2,1-5H3,(H,29,33). The zero-order chi connectivity index (χ0) is 25.6. The molecule has 0 unspecified atom stereocenters. The van der Waals surface area contributed by atoms with Gasteiger partial charge in [-0.25, -0.2) is 4.68 Å². The van der Waals surface area contributed by atoms with Crippen molar-refractivity contribution in [1.29, 1.82) is 0 Å². The molecule has 3 aromatic rings. The molecule has 2 amide bonds. The van der Waals surface area contributed by atoms with E-state index in [2.05, 4.69) is 26.1 Å². The topological polar surface area (TPSA) is 76.5 Å². The molecular formula is C27H33ClN4O3. The first-order valence-electron chi connectivity index (χ1n) is 11.6. The van der Waals surface area contributed by atoms with Crippen LogP contribution in [0.3, 0.4) is 0 Å². The molecule has 1 aromatic heterocycles. The van der Waals surface area contributed by atoms with Gasteiger partial charge in [0.15, 0.2) is 0 Å². The molecule has 0 aliphatic rings. The molecule has 3 rings (SSSR count). The first kappa shape index (κ1) is 26.4. The minimum Gasteiger partial charge on any atom is -0.385 e. The summed E-state index contributed by atoms with van der Waals surface area (Å²) in [6.07, 6.45) is 0.610. The molecule has 35 heavy (non-hydrogen) atoms. The lowest BCUT2D eigenvalue weighted by Crippen LogP contribution is -2.39. The van der Waals surface area contributed by atoms with Gasteiger partial charge in [-0.05, 0) is 49.2 Å². The zero-order valence-corrected chi connectivity index (χ0v) is 21.7. The van der Waals surface area contributed by atoms with Crippen molar-refractivity contribution in [2.75, 3.05) is 32.1 Å². The van der Waals surface area contributed by atoms with E-state index in [1.54, 1.807) is 36.1 Å². The van der Waals surface area contributed by atoms with Crippen LogP contribution in [-0.2, 0) is 14.9 Å². The number of halogens is 1. The molecule has 0 fully saturated rings. The second kappa shape index (κ2) is 11.5. The van der Waals surface area contributed by atoms with Gasteiger partial charge in [-0.1, -0.05) is 50.6 Å². The van der Waals surface area contributed by atoms with Gasteiger partial charge in [-0.15, -0.1) is 0 Å². The number of para-hydroxylation sites is 1. The van der Waals surface area contributed by atoms with Crippen LogP contribution < -0.4 is 5.32 Å². The van der Waals surface area contributed by atoms with Crippen LogP contribution in [-0.4, -0.2) is 53.3 Å². The maximum absolute atomic E-state index is 13.2. The Kier molecular flexibility index (Phi) is 8.70. The number of aromatic nitrogens is 2. The highest BCUT2D eigenvalue weighted by atomic mass is 35.5. The molecule has 0 saturated carbocycles. The minimum absolute atomic E-state index is 0.102. The highest BCUT2D eigenvalue weighted by molar-refractivity contribution is 6.30. The van der Waals surface area contributed by atoms with Crippen molar-refractivity contribution in [3.63, 3.8) is 0 Å². The molecule has 7 nitrogen and oxygen atoms in total. The smallest absolute Gasteiger partial charge is 0.254 e. The third kappa shape index (κ3) is 6.93. The predicted molar refractivity (Wildman–Crippen MR) is 139 cm³/mol. The van der Waals surface area contributed by atoms with Crippen molar-refractivity contribution < 1.29 is 14.3 Å². The van der Waals surface area contributed by atoms with Gasteiger partial charge in [-0.3, -0.25) is 9.59 Å². The molecule has 2 aromatic carbocycles. The summed E-state index contributed by atoms with van der Waals surface area (Å²) in [7, 11) is 1.61. The molecule has 0 atom stereocenters. The van der Waals surface area contributed by atoms with Crippen molar-refractivity contribution in [3.05, 3.63) is 76.4 Å². The Labute approximate surface area is 212 Å². The summed E-state index contributed by atoms with van der Waals surface area (Å²) in [4.78, 5) is 27.9. The second-order valence-corrected chi connectivity index (χ2v) is 9.93. The first-order chi connectivity index (χ1) is 16.6. The summed E-state index contributed by atoms with van der Waals surface area (Å²) in [5.41, 5.74) is 3.03. The molecule has 8 heteroatoms. The van der Waals surface area contributed by atoms with Gasteiger partial charge in [0.05, 0.1) is 11.4 Å². The normalized spacial score (nSPS) is 11.4. The van der Waals surface area contributed by atoms with Crippen LogP contribution in [0.15, 0.2) is 54.6 Å². The summed E-state index contributed by atoms with van der Waals surface area (Å²) in [6, 6.07) is 16.4. The Morgan fingerprint density at radius 2 is 1.80 bits per heavy atom. The van der Waals surface area contributed by atoms with Crippen LogP contribution in [0.1, 0.15) is 48.8 Å². The van der Waals surface area contributed by atoms with Gasteiger partial charge in [-0.2, -0.15) is 5.10 Å². The number of methoxy groups -OCH3 is 1. The maximum atomic E-state index is 13.2. The number of aryl methyl sites for hydroxylation is 1. The zero-order valence-electron chi connectivity index (χ0n) is 21.0. The summed E-state index contributed by atoms with van der Waals surface area (Å²) >= 11 is 5.97. The summed E-state index contributed by atoms with van der Waals surface area (Å²) in [5, 5.41) is 8.31. The Balaban J connectivity index is 1.86. The fourth-order valence-electron chi connectivity index (χ4n) is 3.60. The van der Waals surface area contributed by atoms with Gasteiger partial charge in [0.1, 0.15) is 12.4 Å². The summed E-state index contributed by atoms with van der Waals surface area (Å²) in [6.45, 7) is 8.99. The summed E-state index contributed by atoms with van der Waals surface area (Å²) in [5.74, 6) is 0.0145. The van der Waals surface area contributed by atoms with Gasteiger partial charge >= 0.3 is 0 Å². The Bertz CT molecular complexity index is 1170. The van der Waals surface area contributed by atoms with Crippen molar-refractivity contribution in [3.8, 4) is 5.69 Å². The number of nitrogens with zero attached hydrogens (tertiary/aromatic N) is 3. The number of hydrogen-bond acceptors (Lipinski definition) is 4. The van der Waals surface area contributed by atoms with Crippen molar-refractivity contribution in [1.82, 2.24) is 14.7 Å². The molecule has 0 bridgehead atoms. The van der Waals surface area contributed by atoms with E-state index in [9.17, 15) is 9.59 Å². The Morgan fingerprint density at radius 1 is 1.11 bits per heavy atom. The second-order valence-electron chi connectivity index (χ2n) is 9.49. The van der Waals surface area contributed by atoms with Gasteiger partial charge in [0.2, 0.25) is 5.91 Å². The highest BCUT2D eigenvalue weighted by Crippen LogP contribution is 2.27. The Morgan fingerprint density at radius 3 is 2.43 bits per heavy atom. The molecule has 1 heterocycles. The van der Waals surface area contributed by atoms with Crippen LogP contribution in [0.4, 0.5) is 5.82 Å². The molecular weight excluding hydrogens is 464 g/mol. The Hall–Kier alpha value is -3.16. The lowest BCUT2D eigenvalue weighted by atomic mass is 9.92. The minimum atomic E-state index is -0.306. The van der Waals surface area contributed by atoms with Crippen LogP contribution >= 0.6 is 11.6 Å². The monoisotopic (exact) mass is 496 g/mol. The number of nitrogens with one attached hydrogen (secondary N) is 1. The maximum Gasteiger partial charge on any atom is 0.254 e. The van der Waals surface area contributed by atoms with E-state index in [-0.39, 0.29) is 23.8 Å². The third-order valence-electron chi connectivity index (χ3n) is 5.58. The van der Waals surface area contributed by atoms with Crippen molar-refractivity contribution in [2.45, 2.75) is 39.5 Å². The summed E-state index contributed by atoms with van der Waals surface area (Å²) < 4.78 is 6.89. The fourth-order valence-corrected chi connectivity index (χ4v) is 3.73. The van der Waals surface area contributed by atoms with E-state index in [0.29, 0.717) is 36.0 Å². The van der Waals surface area contributed by atoms with E-state index in [4.69, 9.17) is 21.4 Å². The van der Waals surface area contributed by atoms with E-state index < -0.39 is 0 Å². The van der Waals surface area contributed by atoms with Crippen LogP contribution in [0.2, 0.25) is 5.02 Å². The van der Waals surface area contributed by atoms with Crippen molar-refractivity contribution in [2.24, 2.45) is 0 Å². The SMILES string of the molecule is COCCCN(CC(=O)Nc1cc(C(C)(C)C)nn1-c1ccccc1C)C(=O)c1ccc(Cl)cc1. The number of rotatable bonds is 9. The molecule has 1 N–H and O–H groups in total. The van der Waals surface area contributed by atoms with Crippen LogP contribution in [0, 0.1) is 6.92 Å². The quantitative estimate of drug-likeness (QED) is 0.410. The van der Waals surface area contributed by atoms with E-state index >= 15 is 0 Å². The average Bonchev–Trinajstić information content (AvgIpc) is 3.23. The van der Waals surface area contributed by atoms with E-state index in [0.717, 1.165) is 16.9 Å². The third-order valence-corrected chi connectivity index (χ3v) is 5.83. The van der Waals surface area contributed by atoms with E-state index in [1.807, 2.05) is 37.3 Å². The van der Waals surface area contributed by atoms with Gasteiger partial charge in [0.25, 0.3) is 5.91 Å². The highest BCUT2D eigenvalue weighted by Gasteiger charge is 2.24. The van der Waals surface area contributed by atoms with Gasteiger partial charge in [0, 0.05) is 42.3 Å². The number of ether oxygens (including phenoxy) is 1. The lowest BCUT2D eigenvalue weighted by molar-refractivity contribution is -0.117. The largest absolute Gasteiger partial charge is 0.385 e.